The van der Waals surface area contributed by atoms with Crippen molar-refractivity contribution in [2.24, 2.45) is 0 Å². The number of ether oxygens (including phenoxy) is 2. The van der Waals surface area contributed by atoms with Crippen molar-refractivity contribution < 1.29 is 32.6 Å². The van der Waals surface area contributed by atoms with Gasteiger partial charge in [-0.05, 0) is 25.1 Å². The molecule has 1 aromatic rings. The van der Waals surface area contributed by atoms with E-state index in [-0.39, 0.29) is 14.9 Å². The Balaban J connectivity index is 2.03. The lowest BCUT2D eigenvalue weighted by atomic mass is 10.2. The molecule has 2 rings (SSSR count). The van der Waals surface area contributed by atoms with Crippen molar-refractivity contribution in [2.75, 3.05) is 32.9 Å². The van der Waals surface area contributed by atoms with Crippen molar-refractivity contribution >= 4 is 45.1 Å². The molecule has 1 heterocycles. The average Bonchev–Trinajstić information content (AvgIpc) is 2.66. The molecule has 0 radical (unpaired) electrons. The van der Waals surface area contributed by atoms with E-state index >= 15 is 0 Å². The maximum atomic E-state index is 12.5. The predicted molar refractivity (Wildman–Crippen MR) is 101 cm³/mol. The number of hydrogen-bond donors (Lipinski definition) is 2. The van der Waals surface area contributed by atoms with Crippen LogP contribution in [0.25, 0.3) is 0 Å². The molecule has 0 aliphatic carbocycles. The molecule has 0 spiro atoms. The third-order valence-corrected chi connectivity index (χ3v) is 6.10. The minimum atomic E-state index is -4.21. The van der Waals surface area contributed by atoms with Crippen molar-refractivity contribution in [1.29, 1.82) is 0 Å². The second kappa shape index (κ2) is 9.86. The van der Waals surface area contributed by atoms with Crippen LogP contribution in [0.2, 0.25) is 10.0 Å². The fourth-order valence-electron chi connectivity index (χ4n) is 2.35. The Kier molecular flexibility index (Phi) is 8.05. The Hall–Kier alpha value is -1.43. The molecule has 0 unspecified atom stereocenters. The molecule has 1 aliphatic rings. The zero-order valence-corrected chi connectivity index (χ0v) is 17.3. The first-order valence-corrected chi connectivity index (χ1v) is 10.5. The second-order valence-electron chi connectivity index (χ2n) is 6.02. The van der Waals surface area contributed by atoms with Crippen LogP contribution in [0.1, 0.15) is 6.92 Å². The van der Waals surface area contributed by atoms with Crippen LogP contribution in [0.15, 0.2) is 23.1 Å². The SMILES string of the molecule is C[C@@H](O)[C@H](NS(=O)(=O)c1ccc(Cl)c(Cl)c1)C(=O)OCC(=O)N1CCOCC1. The van der Waals surface area contributed by atoms with Crippen LogP contribution in [0.5, 0.6) is 0 Å². The Morgan fingerprint density at radius 3 is 2.50 bits per heavy atom. The van der Waals surface area contributed by atoms with E-state index in [1.165, 1.54) is 24.0 Å². The lowest BCUT2D eigenvalue weighted by Crippen LogP contribution is -2.49. The van der Waals surface area contributed by atoms with Crippen molar-refractivity contribution in [2.45, 2.75) is 24.0 Å². The van der Waals surface area contributed by atoms with Crippen LogP contribution in [0.3, 0.4) is 0 Å². The number of aliphatic hydroxyl groups excluding tert-OH is 1. The summed E-state index contributed by atoms with van der Waals surface area (Å²) in [6.45, 7) is 2.17. The van der Waals surface area contributed by atoms with E-state index in [2.05, 4.69) is 4.72 Å². The predicted octanol–water partition coefficient (Wildman–Crippen LogP) is 0.423. The molecule has 156 valence electrons. The number of aliphatic hydroxyl groups is 1. The maximum Gasteiger partial charge on any atom is 0.327 e. The standard InChI is InChI=1S/C16H20Cl2N2O7S/c1-10(21)15(16(23)27-9-14(22)20-4-6-26-7-5-20)19-28(24,25)11-2-3-12(17)13(18)8-11/h2-3,8,10,15,19,21H,4-7,9H2,1H3/t10-,15+/m1/s1. The molecular formula is C16H20Cl2N2O7S. The van der Waals surface area contributed by atoms with Crippen molar-refractivity contribution in [3.05, 3.63) is 28.2 Å². The summed E-state index contributed by atoms with van der Waals surface area (Å²) in [6.07, 6.45) is -1.41. The van der Waals surface area contributed by atoms with Gasteiger partial charge in [0.15, 0.2) is 6.61 Å². The van der Waals surface area contributed by atoms with Gasteiger partial charge < -0.3 is 19.5 Å². The summed E-state index contributed by atoms with van der Waals surface area (Å²) in [5, 5.41) is 9.99. The van der Waals surface area contributed by atoms with E-state index < -0.39 is 40.7 Å². The van der Waals surface area contributed by atoms with Gasteiger partial charge in [0.25, 0.3) is 5.91 Å². The van der Waals surface area contributed by atoms with Crippen LogP contribution < -0.4 is 4.72 Å². The van der Waals surface area contributed by atoms with Crippen LogP contribution in [0.4, 0.5) is 0 Å². The highest BCUT2D eigenvalue weighted by Crippen LogP contribution is 2.25. The second-order valence-corrected chi connectivity index (χ2v) is 8.54. The van der Waals surface area contributed by atoms with E-state index in [9.17, 15) is 23.1 Å². The highest BCUT2D eigenvalue weighted by Gasteiger charge is 2.32. The molecule has 0 aromatic heterocycles. The number of halogens is 2. The number of esters is 1. The summed E-state index contributed by atoms with van der Waals surface area (Å²) in [5.41, 5.74) is 0. The van der Waals surface area contributed by atoms with E-state index in [0.717, 1.165) is 6.07 Å². The zero-order chi connectivity index (χ0) is 20.9. The normalized spacial score (nSPS) is 17.1. The molecule has 2 N–H and O–H groups in total. The molecule has 1 saturated heterocycles. The van der Waals surface area contributed by atoms with Crippen LogP contribution in [0, 0.1) is 0 Å². The van der Waals surface area contributed by atoms with Gasteiger partial charge in [-0.25, -0.2) is 8.42 Å². The topological polar surface area (TPSA) is 122 Å². The molecule has 9 nitrogen and oxygen atoms in total. The van der Waals surface area contributed by atoms with Gasteiger partial charge in [0, 0.05) is 13.1 Å². The molecule has 1 aromatic carbocycles. The molecule has 2 atom stereocenters. The summed E-state index contributed by atoms with van der Waals surface area (Å²) in [4.78, 5) is 25.5. The Morgan fingerprint density at radius 2 is 1.93 bits per heavy atom. The minimum absolute atomic E-state index is 0.0109. The third-order valence-electron chi connectivity index (χ3n) is 3.92. The first-order chi connectivity index (χ1) is 13.1. The lowest BCUT2D eigenvalue weighted by Gasteiger charge is -2.27. The highest BCUT2D eigenvalue weighted by atomic mass is 35.5. The van der Waals surface area contributed by atoms with E-state index in [1.807, 2.05) is 0 Å². The van der Waals surface area contributed by atoms with Crippen LogP contribution in [-0.2, 0) is 29.1 Å². The van der Waals surface area contributed by atoms with E-state index in [0.29, 0.717) is 26.3 Å². The van der Waals surface area contributed by atoms with E-state index in [4.69, 9.17) is 32.7 Å². The molecular weight excluding hydrogens is 435 g/mol. The lowest BCUT2D eigenvalue weighted by molar-refractivity contribution is -0.156. The monoisotopic (exact) mass is 454 g/mol. The fourth-order valence-corrected chi connectivity index (χ4v) is 4.00. The Morgan fingerprint density at radius 1 is 1.29 bits per heavy atom. The quantitative estimate of drug-likeness (QED) is 0.572. The van der Waals surface area contributed by atoms with Gasteiger partial charge in [0.1, 0.15) is 6.04 Å². The molecule has 0 bridgehead atoms. The van der Waals surface area contributed by atoms with Gasteiger partial charge in [0.05, 0.1) is 34.3 Å². The third kappa shape index (κ3) is 6.03. The number of nitrogens with one attached hydrogen (secondary N) is 1. The van der Waals surface area contributed by atoms with Gasteiger partial charge in [-0.2, -0.15) is 4.72 Å². The number of morpholine rings is 1. The number of sulfonamides is 1. The molecule has 1 amide bonds. The Labute approximate surface area is 172 Å². The highest BCUT2D eigenvalue weighted by molar-refractivity contribution is 7.89. The number of nitrogens with zero attached hydrogens (tertiary/aromatic N) is 1. The fraction of sp³-hybridized carbons (Fsp3) is 0.500. The maximum absolute atomic E-state index is 12.5. The van der Waals surface area contributed by atoms with Gasteiger partial charge in [-0.1, -0.05) is 23.2 Å². The summed E-state index contributed by atoms with van der Waals surface area (Å²) in [5.74, 6) is -1.52. The summed E-state index contributed by atoms with van der Waals surface area (Å²) < 4.78 is 37.0. The first kappa shape index (κ1) is 22.9. The van der Waals surface area contributed by atoms with E-state index in [1.54, 1.807) is 0 Å². The number of carbonyl (C=O) groups is 2. The molecule has 1 aliphatic heterocycles. The number of hydrogen-bond acceptors (Lipinski definition) is 7. The molecule has 12 heteroatoms. The Bertz CT molecular complexity index is 826. The van der Waals surface area contributed by atoms with Crippen LogP contribution >= 0.6 is 23.2 Å². The molecule has 1 fully saturated rings. The minimum Gasteiger partial charge on any atom is -0.454 e. The van der Waals surface area contributed by atoms with Crippen molar-refractivity contribution in [1.82, 2.24) is 9.62 Å². The van der Waals surface area contributed by atoms with Gasteiger partial charge in [-0.3, -0.25) is 9.59 Å². The molecule has 0 saturated carbocycles. The van der Waals surface area contributed by atoms with Gasteiger partial charge in [0.2, 0.25) is 10.0 Å². The largest absolute Gasteiger partial charge is 0.454 e. The first-order valence-electron chi connectivity index (χ1n) is 8.29. The van der Waals surface area contributed by atoms with Gasteiger partial charge in [-0.15, -0.1) is 0 Å². The number of carbonyl (C=O) groups excluding carboxylic acids is 2. The van der Waals surface area contributed by atoms with Crippen LogP contribution in [-0.4, -0.2) is 75.4 Å². The van der Waals surface area contributed by atoms with Crippen molar-refractivity contribution in [3.8, 4) is 0 Å². The number of amides is 1. The van der Waals surface area contributed by atoms with Gasteiger partial charge >= 0.3 is 5.97 Å². The summed E-state index contributed by atoms with van der Waals surface area (Å²) in [7, 11) is -4.21. The summed E-state index contributed by atoms with van der Waals surface area (Å²) >= 11 is 11.6. The summed E-state index contributed by atoms with van der Waals surface area (Å²) in [6, 6.07) is 1.98. The van der Waals surface area contributed by atoms with Crippen molar-refractivity contribution in [3.63, 3.8) is 0 Å². The zero-order valence-electron chi connectivity index (χ0n) is 14.9. The molecule has 28 heavy (non-hydrogen) atoms. The smallest absolute Gasteiger partial charge is 0.327 e. The average molecular weight is 455 g/mol. The number of benzene rings is 1. The number of rotatable bonds is 7.